The SMILES string of the molecule is COc1ccc(C)cc1NC(=O)CCCN(c1cc(C)cc(C)c1)S(C)(=O)=O. The molecule has 28 heavy (non-hydrogen) atoms. The van der Waals surface area contributed by atoms with Crippen molar-refractivity contribution in [2.24, 2.45) is 0 Å². The van der Waals surface area contributed by atoms with Crippen molar-refractivity contribution in [3.05, 3.63) is 53.1 Å². The molecule has 2 aromatic carbocycles. The Kier molecular flexibility index (Phi) is 7.07. The highest BCUT2D eigenvalue weighted by molar-refractivity contribution is 7.92. The number of ether oxygens (including phenoxy) is 1. The average Bonchev–Trinajstić information content (AvgIpc) is 2.57. The first-order valence-electron chi connectivity index (χ1n) is 9.10. The van der Waals surface area contributed by atoms with Crippen molar-refractivity contribution in [3.8, 4) is 5.75 Å². The lowest BCUT2D eigenvalue weighted by atomic mass is 10.1. The number of rotatable bonds is 8. The Morgan fingerprint density at radius 1 is 1.04 bits per heavy atom. The molecule has 0 saturated heterocycles. The lowest BCUT2D eigenvalue weighted by molar-refractivity contribution is -0.116. The molecule has 2 rings (SSSR count). The molecule has 0 fully saturated rings. The highest BCUT2D eigenvalue weighted by Crippen LogP contribution is 2.26. The van der Waals surface area contributed by atoms with Gasteiger partial charge in [0, 0.05) is 13.0 Å². The van der Waals surface area contributed by atoms with Crippen LogP contribution in [0.25, 0.3) is 0 Å². The third kappa shape index (κ3) is 5.99. The molecule has 1 N–H and O–H groups in total. The number of hydrogen-bond donors (Lipinski definition) is 1. The van der Waals surface area contributed by atoms with Crippen molar-refractivity contribution in [1.29, 1.82) is 0 Å². The summed E-state index contributed by atoms with van der Waals surface area (Å²) in [5, 5.41) is 2.84. The van der Waals surface area contributed by atoms with Crippen LogP contribution in [0.1, 0.15) is 29.5 Å². The van der Waals surface area contributed by atoms with Gasteiger partial charge in [-0.1, -0.05) is 12.1 Å². The van der Waals surface area contributed by atoms with Crippen LogP contribution in [0.15, 0.2) is 36.4 Å². The predicted molar refractivity (Wildman–Crippen MR) is 114 cm³/mol. The molecule has 0 radical (unpaired) electrons. The Morgan fingerprint density at radius 2 is 1.68 bits per heavy atom. The topological polar surface area (TPSA) is 75.7 Å². The van der Waals surface area contributed by atoms with E-state index in [4.69, 9.17) is 4.74 Å². The molecule has 7 heteroatoms. The van der Waals surface area contributed by atoms with E-state index < -0.39 is 10.0 Å². The molecule has 0 bridgehead atoms. The van der Waals surface area contributed by atoms with Crippen molar-refractivity contribution in [3.63, 3.8) is 0 Å². The fourth-order valence-electron chi connectivity index (χ4n) is 3.10. The lowest BCUT2D eigenvalue weighted by Crippen LogP contribution is -2.31. The van der Waals surface area contributed by atoms with Crippen LogP contribution in [0.4, 0.5) is 11.4 Å². The van der Waals surface area contributed by atoms with E-state index in [0.717, 1.165) is 16.7 Å². The summed E-state index contributed by atoms with van der Waals surface area (Å²) in [6, 6.07) is 11.2. The molecule has 0 aliphatic carbocycles. The van der Waals surface area contributed by atoms with Crippen LogP contribution in [0.2, 0.25) is 0 Å². The van der Waals surface area contributed by atoms with Crippen molar-refractivity contribution < 1.29 is 17.9 Å². The third-order valence-corrected chi connectivity index (χ3v) is 5.48. The molecule has 0 aromatic heterocycles. The molecule has 6 nitrogen and oxygen atoms in total. The number of nitrogens with zero attached hydrogens (tertiary/aromatic N) is 1. The van der Waals surface area contributed by atoms with Gasteiger partial charge in [-0.05, 0) is 68.1 Å². The molecule has 0 aliphatic rings. The number of aryl methyl sites for hydroxylation is 3. The predicted octanol–water partition coefficient (Wildman–Crippen LogP) is 3.81. The number of nitrogens with one attached hydrogen (secondary N) is 1. The molecule has 1 amide bonds. The summed E-state index contributed by atoms with van der Waals surface area (Å²) < 4.78 is 31.1. The van der Waals surface area contributed by atoms with Crippen LogP contribution < -0.4 is 14.4 Å². The minimum atomic E-state index is -3.44. The molecule has 152 valence electrons. The van der Waals surface area contributed by atoms with E-state index in [9.17, 15) is 13.2 Å². The van der Waals surface area contributed by atoms with Crippen LogP contribution in [-0.2, 0) is 14.8 Å². The maximum Gasteiger partial charge on any atom is 0.232 e. The van der Waals surface area contributed by atoms with Crippen molar-refractivity contribution in [2.75, 3.05) is 29.5 Å². The fraction of sp³-hybridized carbons (Fsp3) is 0.381. The summed E-state index contributed by atoms with van der Waals surface area (Å²) in [6.45, 7) is 6.03. The second-order valence-corrected chi connectivity index (χ2v) is 8.94. The van der Waals surface area contributed by atoms with Gasteiger partial charge in [-0.15, -0.1) is 0 Å². The molecular weight excluding hydrogens is 376 g/mol. The Hall–Kier alpha value is -2.54. The van der Waals surface area contributed by atoms with Gasteiger partial charge in [-0.3, -0.25) is 9.10 Å². The smallest absolute Gasteiger partial charge is 0.232 e. The van der Waals surface area contributed by atoms with Gasteiger partial charge in [-0.2, -0.15) is 0 Å². The zero-order valence-electron chi connectivity index (χ0n) is 17.1. The maximum absolute atomic E-state index is 12.3. The average molecular weight is 405 g/mol. The van der Waals surface area contributed by atoms with Crippen molar-refractivity contribution in [1.82, 2.24) is 0 Å². The minimum Gasteiger partial charge on any atom is -0.495 e. The standard InChI is InChI=1S/C21H28N2O4S/c1-15-8-9-20(27-4)19(14-15)22-21(24)7-6-10-23(28(5,25)26)18-12-16(2)11-17(3)13-18/h8-9,11-14H,6-7,10H2,1-5H3,(H,22,24). The number of benzene rings is 2. The van der Waals surface area contributed by atoms with Crippen LogP contribution in [0.5, 0.6) is 5.75 Å². The number of sulfonamides is 1. The van der Waals surface area contributed by atoms with Crippen molar-refractivity contribution >= 4 is 27.3 Å². The second-order valence-electron chi connectivity index (χ2n) is 7.04. The van der Waals surface area contributed by atoms with E-state index in [-0.39, 0.29) is 18.9 Å². The number of amides is 1. The first-order valence-corrected chi connectivity index (χ1v) is 11.0. The van der Waals surface area contributed by atoms with E-state index in [2.05, 4.69) is 5.32 Å². The number of methoxy groups -OCH3 is 1. The normalized spacial score (nSPS) is 11.2. The van der Waals surface area contributed by atoms with Gasteiger partial charge >= 0.3 is 0 Å². The molecule has 0 saturated carbocycles. The summed E-state index contributed by atoms with van der Waals surface area (Å²) in [6.07, 6.45) is 1.79. The zero-order valence-corrected chi connectivity index (χ0v) is 17.9. The summed E-state index contributed by atoms with van der Waals surface area (Å²) >= 11 is 0. The highest BCUT2D eigenvalue weighted by Gasteiger charge is 2.18. The number of anilines is 2. The quantitative estimate of drug-likeness (QED) is 0.726. The van der Waals surface area contributed by atoms with E-state index in [1.165, 1.54) is 10.6 Å². The van der Waals surface area contributed by atoms with Gasteiger partial charge in [0.25, 0.3) is 0 Å². The Labute approximate surface area is 167 Å². The Balaban J connectivity index is 2.04. The second kappa shape index (κ2) is 9.10. The molecule has 0 heterocycles. The fourth-order valence-corrected chi connectivity index (χ4v) is 4.05. The van der Waals surface area contributed by atoms with Gasteiger partial charge < -0.3 is 10.1 Å². The molecule has 2 aromatic rings. The van der Waals surface area contributed by atoms with Crippen LogP contribution in [0, 0.1) is 20.8 Å². The maximum atomic E-state index is 12.3. The molecular formula is C21H28N2O4S. The minimum absolute atomic E-state index is 0.183. The largest absolute Gasteiger partial charge is 0.495 e. The van der Waals surface area contributed by atoms with Crippen LogP contribution >= 0.6 is 0 Å². The summed E-state index contributed by atoms with van der Waals surface area (Å²) in [5.41, 5.74) is 4.23. The van der Waals surface area contributed by atoms with Crippen LogP contribution in [-0.4, -0.2) is 34.2 Å². The highest BCUT2D eigenvalue weighted by atomic mass is 32.2. The Morgan fingerprint density at radius 3 is 2.25 bits per heavy atom. The van der Waals surface area contributed by atoms with E-state index in [1.54, 1.807) is 13.2 Å². The number of carbonyl (C=O) groups excluding carboxylic acids is 1. The van der Waals surface area contributed by atoms with Gasteiger partial charge in [0.1, 0.15) is 5.75 Å². The molecule has 0 aliphatic heterocycles. The number of carbonyl (C=O) groups is 1. The third-order valence-electron chi connectivity index (χ3n) is 4.29. The lowest BCUT2D eigenvalue weighted by Gasteiger charge is -2.23. The van der Waals surface area contributed by atoms with Crippen molar-refractivity contribution in [2.45, 2.75) is 33.6 Å². The summed E-state index contributed by atoms with van der Waals surface area (Å²) in [5.74, 6) is 0.407. The summed E-state index contributed by atoms with van der Waals surface area (Å²) in [4.78, 5) is 12.3. The Bertz CT molecular complexity index is 935. The summed E-state index contributed by atoms with van der Waals surface area (Å²) in [7, 11) is -1.89. The van der Waals surface area contributed by atoms with E-state index >= 15 is 0 Å². The molecule has 0 spiro atoms. The van der Waals surface area contributed by atoms with Crippen LogP contribution in [0.3, 0.4) is 0 Å². The van der Waals surface area contributed by atoms with Gasteiger partial charge in [0.15, 0.2) is 0 Å². The first kappa shape index (κ1) is 21.8. The van der Waals surface area contributed by atoms with Gasteiger partial charge in [0.05, 0.1) is 24.7 Å². The van der Waals surface area contributed by atoms with E-state index in [0.29, 0.717) is 23.5 Å². The van der Waals surface area contributed by atoms with Gasteiger partial charge in [-0.25, -0.2) is 8.42 Å². The molecule has 0 unspecified atom stereocenters. The monoisotopic (exact) mass is 404 g/mol. The van der Waals surface area contributed by atoms with Gasteiger partial charge in [0.2, 0.25) is 15.9 Å². The number of hydrogen-bond acceptors (Lipinski definition) is 4. The first-order chi connectivity index (χ1) is 13.1. The van der Waals surface area contributed by atoms with E-state index in [1.807, 2.05) is 51.1 Å². The zero-order chi connectivity index (χ0) is 20.9. The molecule has 0 atom stereocenters.